The van der Waals surface area contributed by atoms with Crippen LogP contribution in [0.3, 0.4) is 0 Å². The van der Waals surface area contributed by atoms with Crippen molar-refractivity contribution >= 4 is 16.6 Å². The Morgan fingerprint density at radius 3 is 2.80 bits per heavy atom. The third kappa shape index (κ3) is 1.01. The number of nitrogens with zero attached hydrogens (tertiary/aromatic N) is 1. The van der Waals surface area contributed by atoms with Gasteiger partial charge in [-0.15, -0.1) is 0 Å². The fourth-order valence-corrected chi connectivity index (χ4v) is 1.79. The molecule has 0 amide bonds. The highest BCUT2D eigenvalue weighted by atomic mass is 19.1. The second kappa shape index (κ2) is 2.70. The Morgan fingerprint density at radius 1 is 1.13 bits per heavy atom. The van der Waals surface area contributed by atoms with Crippen molar-refractivity contribution in [3.63, 3.8) is 0 Å². The average molecular weight is 202 g/mol. The van der Waals surface area contributed by atoms with Crippen LogP contribution in [0.1, 0.15) is 0 Å². The van der Waals surface area contributed by atoms with Crippen LogP contribution < -0.4 is 5.56 Å². The maximum absolute atomic E-state index is 13.4. The van der Waals surface area contributed by atoms with Gasteiger partial charge < -0.3 is 9.38 Å². The Morgan fingerprint density at radius 2 is 1.93 bits per heavy atom. The zero-order chi connectivity index (χ0) is 10.4. The van der Waals surface area contributed by atoms with Crippen molar-refractivity contribution < 1.29 is 4.39 Å². The molecule has 1 N–H and O–H groups in total. The van der Waals surface area contributed by atoms with E-state index in [-0.39, 0.29) is 11.1 Å². The SMILES string of the molecule is O=c1[nH]c2c(F)cccc2n2cccc12. The summed E-state index contributed by atoms with van der Waals surface area (Å²) in [6.07, 6.45) is 1.74. The van der Waals surface area contributed by atoms with E-state index >= 15 is 0 Å². The number of aromatic amines is 1. The number of hydrogen-bond acceptors (Lipinski definition) is 1. The van der Waals surface area contributed by atoms with E-state index in [0.717, 1.165) is 0 Å². The topological polar surface area (TPSA) is 37.3 Å². The minimum Gasteiger partial charge on any atom is -0.316 e. The van der Waals surface area contributed by atoms with Crippen molar-refractivity contribution in [2.75, 3.05) is 0 Å². The number of halogens is 1. The molecule has 0 radical (unpaired) electrons. The van der Waals surface area contributed by atoms with Gasteiger partial charge in [-0.25, -0.2) is 4.39 Å². The Bertz CT molecular complexity index is 711. The highest BCUT2D eigenvalue weighted by molar-refractivity contribution is 5.78. The van der Waals surface area contributed by atoms with Gasteiger partial charge in [0.05, 0.1) is 5.52 Å². The van der Waals surface area contributed by atoms with Crippen LogP contribution in [0.15, 0.2) is 41.3 Å². The zero-order valence-corrected chi connectivity index (χ0v) is 7.70. The Hall–Kier alpha value is -2.10. The summed E-state index contributed by atoms with van der Waals surface area (Å²) in [5, 5.41) is 0. The summed E-state index contributed by atoms with van der Waals surface area (Å²) in [5.41, 5.74) is 1.14. The highest BCUT2D eigenvalue weighted by Crippen LogP contribution is 2.15. The lowest BCUT2D eigenvalue weighted by molar-refractivity contribution is 0.636. The molecule has 3 nitrogen and oxygen atoms in total. The molecule has 0 aliphatic heterocycles. The first-order valence-electron chi connectivity index (χ1n) is 4.55. The van der Waals surface area contributed by atoms with Crippen LogP contribution >= 0.6 is 0 Å². The van der Waals surface area contributed by atoms with E-state index < -0.39 is 5.82 Å². The molecule has 2 aromatic heterocycles. The monoisotopic (exact) mass is 202 g/mol. The second-order valence-electron chi connectivity index (χ2n) is 3.35. The van der Waals surface area contributed by atoms with Crippen LogP contribution in [0.25, 0.3) is 16.6 Å². The predicted octanol–water partition coefficient (Wildman–Crippen LogP) is 1.92. The van der Waals surface area contributed by atoms with Gasteiger partial charge in [-0.1, -0.05) is 6.07 Å². The number of nitrogens with one attached hydrogen (secondary N) is 1. The number of hydrogen-bond donors (Lipinski definition) is 1. The van der Waals surface area contributed by atoms with Crippen molar-refractivity contribution in [3.8, 4) is 0 Å². The van der Waals surface area contributed by atoms with Crippen LogP contribution in [0.2, 0.25) is 0 Å². The number of H-pyrrole nitrogens is 1. The van der Waals surface area contributed by atoms with Crippen molar-refractivity contribution in [3.05, 3.63) is 52.7 Å². The lowest BCUT2D eigenvalue weighted by Gasteiger charge is -2.02. The number of para-hydroxylation sites is 1. The molecule has 1 aromatic carbocycles. The van der Waals surface area contributed by atoms with E-state index in [0.29, 0.717) is 11.0 Å². The molecule has 0 aliphatic carbocycles. The molecule has 74 valence electrons. The van der Waals surface area contributed by atoms with Crippen LogP contribution in [0, 0.1) is 5.82 Å². The summed E-state index contributed by atoms with van der Waals surface area (Å²) in [6, 6.07) is 8.17. The highest BCUT2D eigenvalue weighted by Gasteiger charge is 2.06. The third-order valence-corrected chi connectivity index (χ3v) is 2.47. The Balaban J connectivity index is 2.72. The van der Waals surface area contributed by atoms with E-state index in [9.17, 15) is 9.18 Å². The molecule has 3 rings (SSSR count). The number of rotatable bonds is 0. The number of fused-ring (bicyclic) bond motifs is 3. The van der Waals surface area contributed by atoms with Crippen LogP contribution in [0.4, 0.5) is 4.39 Å². The minimum atomic E-state index is -0.416. The van der Waals surface area contributed by atoms with Crippen molar-refractivity contribution in [1.29, 1.82) is 0 Å². The van der Waals surface area contributed by atoms with Gasteiger partial charge in [-0.2, -0.15) is 0 Å². The van der Waals surface area contributed by atoms with E-state index in [2.05, 4.69) is 4.98 Å². The molecule has 0 saturated carbocycles. The quantitative estimate of drug-likeness (QED) is 0.594. The fourth-order valence-electron chi connectivity index (χ4n) is 1.79. The van der Waals surface area contributed by atoms with Gasteiger partial charge >= 0.3 is 0 Å². The van der Waals surface area contributed by atoms with Gasteiger partial charge in [0, 0.05) is 6.20 Å². The molecule has 0 unspecified atom stereocenters. The summed E-state index contributed by atoms with van der Waals surface area (Å²) >= 11 is 0. The molecule has 2 heterocycles. The molecule has 0 bridgehead atoms. The lowest BCUT2D eigenvalue weighted by Crippen LogP contribution is -2.10. The van der Waals surface area contributed by atoms with Gasteiger partial charge in [0.2, 0.25) is 0 Å². The van der Waals surface area contributed by atoms with E-state index in [1.165, 1.54) is 6.07 Å². The second-order valence-corrected chi connectivity index (χ2v) is 3.35. The summed E-state index contributed by atoms with van der Waals surface area (Å²) < 4.78 is 15.1. The zero-order valence-electron chi connectivity index (χ0n) is 7.70. The maximum atomic E-state index is 13.4. The largest absolute Gasteiger partial charge is 0.316 e. The first kappa shape index (κ1) is 8.23. The van der Waals surface area contributed by atoms with Crippen molar-refractivity contribution in [2.24, 2.45) is 0 Å². The predicted molar refractivity (Wildman–Crippen MR) is 55.5 cm³/mol. The minimum absolute atomic E-state index is 0.242. The van der Waals surface area contributed by atoms with Crippen LogP contribution in [-0.4, -0.2) is 9.38 Å². The number of aromatic nitrogens is 2. The van der Waals surface area contributed by atoms with Gasteiger partial charge in [0.25, 0.3) is 5.56 Å². The summed E-state index contributed by atoms with van der Waals surface area (Å²) in [4.78, 5) is 14.1. The van der Waals surface area contributed by atoms with Crippen LogP contribution in [-0.2, 0) is 0 Å². The third-order valence-electron chi connectivity index (χ3n) is 2.47. The summed E-state index contributed by atoms with van der Waals surface area (Å²) in [5.74, 6) is -0.416. The molecule has 0 atom stereocenters. The lowest BCUT2D eigenvalue weighted by atomic mass is 10.3. The Kier molecular flexibility index (Phi) is 1.48. The average Bonchev–Trinajstić information content (AvgIpc) is 2.69. The summed E-state index contributed by atoms with van der Waals surface area (Å²) in [7, 11) is 0. The molecule has 0 spiro atoms. The fraction of sp³-hybridized carbons (Fsp3) is 0. The number of benzene rings is 1. The smallest absolute Gasteiger partial charge is 0.272 e. The van der Waals surface area contributed by atoms with Crippen LogP contribution in [0.5, 0.6) is 0 Å². The van der Waals surface area contributed by atoms with E-state index in [1.54, 1.807) is 34.9 Å². The molecule has 3 aromatic rings. The molecule has 4 heteroatoms. The first-order valence-corrected chi connectivity index (χ1v) is 4.55. The van der Waals surface area contributed by atoms with Crippen molar-refractivity contribution in [1.82, 2.24) is 9.38 Å². The summed E-state index contributed by atoms with van der Waals surface area (Å²) in [6.45, 7) is 0. The standard InChI is InChI=1S/C11H7FN2O/c12-7-3-1-4-8-10(7)13-11(15)9-5-2-6-14(8)9/h1-6H,(H,13,15). The van der Waals surface area contributed by atoms with Gasteiger partial charge in [0.15, 0.2) is 0 Å². The first-order chi connectivity index (χ1) is 7.27. The normalized spacial score (nSPS) is 11.3. The van der Waals surface area contributed by atoms with Crippen molar-refractivity contribution in [2.45, 2.75) is 0 Å². The molecule has 0 saturated heterocycles. The molecular weight excluding hydrogens is 195 g/mol. The Labute approximate surface area is 83.8 Å². The van der Waals surface area contributed by atoms with Gasteiger partial charge in [0.1, 0.15) is 16.9 Å². The molecule has 0 aliphatic rings. The molecule has 15 heavy (non-hydrogen) atoms. The van der Waals surface area contributed by atoms with E-state index in [4.69, 9.17) is 0 Å². The maximum Gasteiger partial charge on any atom is 0.272 e. The molecular formula is C11H7FN2O. The molecule has 0 fully saturated rings. The van der Waals surface area contributed by atoms with Gasteiger partial charge in [-0.3, -0.25) is 4.79 Å². The van der Waals surface area contributed by atoms with Gasteiger partial charge in [-0.05, 0) is 24.3 Å². The van der Waals surface area contributed by atoms with E-state index in [1.807, 2.05) is 0 Å².